The largest absolute Gasteiger partial charge is 0.494 e. The van der Waals surface area contributed by atoms with E-state index in [1.807, 2.05) is 26.0 Å². The lowest BCUT2D eigenvalue weighted by Gasteiger charge is -2.23. The summed E-state index contributed by atoms with van der Waals surface area (Å²) in [6.45, 7) is 3.97. The van der Waals surface area contributed by atoms with Crippen LogP contribution < -0.4 is 20.2 Å². The van der Waals surface area contributed by atoms with Gasteiger partial charge in [-0.25, -0.2) is 9.97 Å². The summed E-state index contributed by atoms with van der Waals surface area (Å²) in [5, 5.41) is 7.44. The fourth-order valence-electron chi connectivity index (χ4n) is 4.20. The number of benzene rings is 1. The molecule has 3 N–H and O–H groups in total. The van der Waals surface area contributed by atoms with E-state index >= 15 is 0 Å². The third kappa shape index (κ3) is 3.73. The second kappa shape index (κ2) is 8.18. The number of hydrogen-bond acceptors (Lipinski definition) is 8. The molecule has 3 heterocycles. The molecule has 5 rings (SSSR count). The third-order valence-electron chi connectivity index (χ3n) is 5.64. The van der Waals surface area contributed by atoms with Crippen LogP contribution in [0.15, 0.2) is 23.3 Å². The van der Waals surface area contributed by atoms with Gasteiger partial charge in [0.15, 0.2) is 0 Å². The number of aryl methyl sites for hydroxylation is 1. The molecule has 4 aromatic rings. The first-order valence-corrected chi connectivity index (χ1v) is 12.1. The summed E-state index contributed by atoms with van der Waals surface area (Å²) in [6, 6.07) is 3.85. The Balaban J connectivity index is 1.52. The number of ether oxygens (including phenoxy) is 1. The molecule has 166 valence electrons. The number of thiophene rings is 1. The predicted molar refractivity (Wildman–Crippen MR) is 128 cm³/mol. The molecule has 8 nitrogen and oxygen atoms in total. The lowest BCUT2D eigenvalue weighted by Crippen LogP contribution is -2.37. The van der Waals surface area contributed by atoms with Crippen molar-refractivity contribution in [3.63, 3.8) is 0 Å². The molecule has 0 fully saturated rings. The first-order chi connectivity index (χ1) is 15.4. The Morgan fingerprint density at radius 1 is 1.28 bits per heavy atom. The summed E-state index contributed by atoms with van der Waals surface area (Å²) in [7, 11) is 1.60. The van der Waals surface area contributed by atoms with Gasteiger partial charge in [0.2, 0.25) is 5.91 Å². The van der Waals surface area contributed by atoms with Gasteiger partial charge in [0, 0.05) is 22.9 Å². The number of hydrogen-bond donors (Lipinski definition) is 3. The van der Waals surface area contributed by atoms with Crippen molar-refractivity contribution in [1.29, 1.82) is 0 Å². The molecule has 1 aromatic carbocycles. The second-order valence-electron chi connectivity index (χ2n) is 8.20. The third-order valence-corrected chi connectivity index (χ3v) is 7.65. The first kappa shape index (κ1) is 20.9. The van der Waals surface area contributed by atoms with Gasteiger partial charge in [-0.1, -0.05) is 11.3 Å². The first-order valence-electron chi connectivity index (χ1n) is 10.5. The van der Waals surface area contributed by atoms with Crippen LogP contribution in [0.5, 0.6) is 5.75 Å². The van der Waals surface area contributed by atoms with E-state index in [0.29, 0.717) is 11.6 Å². The van der Waals surface area contributed by atoms with E-state index in [9.17, 15) is 9.59 Å². The Morgan fingerprint density at radius 2 is 2.12 bits per heavy atom. The number of H-pyrrole nitrogens is 1. The maximum atomic E-state index is 12.5. The van der Waals surface area contributed by atoms with E-state index in [1.54, 1.807) is 24.8 Å². The quantitative estimate of drug-likeness (QED) is 0.408. The number of fused-ring (bicyclic) bond motifs is 4. The Bertz CT molecular complexity index is 1390. The number of nitrogens with zero attached hydrogens (tertiary/aromatic N) is 2. The van der Waals surface area contributed by atoms with E-state index in [4.69, 9.17) is 4.74 Å². The Labute approximate surface area is 192 Å². The number of aromatic amines is 1. The van der Waals surface area contributed by atoms with Crippen LogP contribution >= 0.6 is 22.7 Å². The van der Waals surface area contributed by atoms with Gasteiger partial charge in [-0.3, -0.25) is 9.59 Å². The summed E-state index contributed by atoms with van der Waals surface area (Å²) in [5.41, 5.74) is 2.70. The summed E-state index contributed by atoms with van der Waals surface area (Å²) in [5.74, 6) is 1.43. The summed E-state index contributed by atoms with van der Waals surface area (Å²) in [4.78, 5) is 38.1. The van der Waals surface area contributed by atoms with Crippen molar-refractivity contribution in [2.75, 3.05) is 12.4 Å². The monoisotopic (exact) mass is 469 g/mol. The maximum Gasteiger partial charge on any atom is 0.305 e. The average molecular weight is 470 g/mol. The molecule has 1 aliphatic carbocycles. The predicted octanol–water partition coefficient (Wildman–Crippen LogP) is 3.98. The van der Waals surface area contributed by atoms with E-state index < -0.39 is 0 Å². The van der Waals surface area contributed by atoms with Crippen molar-refractivity contribution in [3.8, 4) is 5.75 Å². The summed E-state index contributed by atoms with van der Waals surface area (Å²) < 4.78 is 6.39. The molecular weight excluding hydrogens is 446 g/mol. The number of carbonyl (C=O) groups is 1. The molecule has 0 unspecified atom stereocenters. The average Bonchev–Trinajstić information content (AvgIpc) is 3.31. The highest BCUT2D eigenvalue weighted by atomic mass is 32.1. The highest BCUT2D eigenvalue weighted by Crippen LogP contribution is 2.41. The molecule has 3 aromatic heterocycles. The van der Waals surface area contributed by atoms with Crippen molar-refractivity contribution in [3.05, 3.63) is 38.6 Å². The molecule has 1 aliphatic rings. The number of amides is 1. The van der Waals surface area contributed by atoms with Crippen LogP contribution in [0, 0.1) is 5.92 Å². The Morgan fingerprint density at radius 3 is 2.91 bits per heavy atom. The minimum Gasteiger partial charge on any atom is -0.494 e. The van der Waals surface area contributed by atoms with Crippen LogP contribution in [0.25, 0.3) is 20.4 Å². The minimum absolute atomic E-state index is 0.0128. The number of carbonyl (C=O) groups excluding carboxylic acids is 1. The smallest absolute Gasteiger partial charge is 0.305 e. The number of anilines is 2. The molecule has 0 bridgehead atoms. The molecule has 10 heteroatoms. The topological polar surface area (TPSA) is 109 Å². The van der Waals surface area contributed by atoms with Gasteiger partial charge >= 0.3 is 4.87 Å². The zero-order chi connectivity index (χ0) is 22.4. The van der Waals surface area contributed by atoms with Gasteiger partial charge < -0.3 is 20.4 Å². The fraction of sp³-hybridized carbons (Fsp3) is 0.364. The van der Waals surface area contributed by atoms with Crippen molar-refractivity contribution in [2.45, 2.75) is 39.2 Å². The maximum absolute atomic E-state index is 12.5. The molecular formula is C22H23N5O3S2. The normalized spacial score (nSPS) is 15.8. The Kier molecular flexibility index (Phi) is 5.34. The zero-order valence-corrected chi connectivity index (χ0v) is 19.6. The van der Waals surface area contributed by atoms with Gasteiger partial charge in [-0.2, -0.15) is 0 Å². The van der Waals surface area contributed by atoms with Crippen LogP contribution in [0.3, 0.4) is 0 Å². The fourth-order valence-corrected chi connectivity index (χ4v) is 6.23. The van der Waals surface area contributed by atoms with Gasteiger partial charge in [0.25, 0.3) is 0 Å². The number of aromatic nitrogens is 3. The van der Waals surface area contributed by atoms with E-state index in [1.165, 1.54) is 10.4 Å². The molecule has 0 radical (unpaired) electrons. The van der Waals surface area contributed by atoms with E-state index in [2.05, 4.69) is 25.6 Å². The van der Waals surface area contributed by atoms with Gasteiger partial charge in [-0.05, 0) is 44.7 Å². The van der Waals surface area contributed by atoms with Crippen LogP contribution in [0.4, 0.5) is 11.5 Å². The second-order valence-corrected chi connectivity index (χ2v) is 10.3. The van der Waals surface area contributed by atoms with Gasteiger partial charge in [0.05, 0.1) is 28.4 Å². The summed E-state index contributed by atoms with van der Waals surface area (Å²) in [6.07, 6.45) is 3.89. The molecule has 0 saturated heterocycles. The Hall–Kier alpha value is -2.98. The van der Waals surface area contributed by atoms with E-state index in [0.717, 1.165) is 56.7 Å². The standard InChI is InChI=1S/C22H23N5O3S2/c1-10(2)25-20(28)11-4-5-12-16(6-11)31-21-18(12)19(23-9-24-21)26-13-8-17-14(7-15(13)30-3)27-22(29)32-17/h7-11H,4-6H2,1-3H3,(H,25,28)(H,27,29)(H,23,24,26)/t11-/m1/s1. The van der Waals surface area contributed by atoms with Crippen molar-refractivity contribution < 1.29 is 9.53 Å². The van der Waals surface area contributed by atoms with Crippen molar-refractivity contribution in [1.82, 2.24) is 20.3 Å². The van der Waals surface area contributed by atoms with Gasteiger partial charge in [-0.15, -0.1) is 11.3 Å². The van der Waals surface area contributed by atoms with Gasteiger partial charge in [0.1, 0.15) is 22.7 Å². The van der Waals surface area contributed by atoms with Crippen LogP contribution in [-0.2, 0) is 17.6 Å². The zero-order valence-electron chi connectivity index (χ0n) is 17.9. The number of nitrogens with one attached hydrogen (secondary N) is 3. The molecule has 1 amide bonds. The van der Waals surface area contributed by atoms with Crippen LogP contribution in [0.1, 0.15) is 30.7 Å². The SMILES string of the molecule is COc1cc2[nH]c(=O)sc2cc1Nc1ncnc2sc3c(c12)CC[C@@H](C(=O)NC(C)C)C3. The lowest BCUT2D eigenvalue weighted by atomic mass is 9.87. The highest BCUT2D eigenvalue weighted by Gasteiger charge is 2.29. The molecule has 32 heavy (non-hydrogen) atoms. The molecule has 0 aliphatic heterocycles. The highest BCUT2D eigenvalue weighted by molar-refractivity contribution is 7.19. The van der Waals surface area contributed by atoms with Crippen LogP contribution in [-0.4, -0.2) is 34.0 Å². The van der Waals surface area contributed by atoms with Crippen molar-refractivity contribution >= 4 is 60.5 Å². The van der Waals surface area contributed by atoms with E-state index in [-0.39, 0.29) is 22.7 Å². The summed E-state index contributed by atoms with van der Waals surface area (Å²) >= 11 is 2.79. The number of methoxy groups -OCH3 is 1. The minimum atomic E-state index is -0.105. The molecule has 0 spiro atoms. The lowest BCUT2D eigenvalue weighted by molar-refractivity contribution is -0.125. The molecule has 0 saturated carbocycles. The number of thiazole rings is 1. The van der Waals surface area contributed by atoms with Crippen LogP contribution in [0.2, 0.25) is 0 Å². The van der Waals surface area contributed by atoms with Crippen molar-refractivity contribution in [2.24, 2.45) is 5.92 Å². The molecule has 1 atom stereocenters. The number of rotatable bonds is 5.